The highest BCUT2D eigenvalue weighted by atomic mass is 35.5. The van der Waals surface area contributed by atoms with Gasteiger partial charge in [-0.2, -0.15) is 0 Å². The zero-order valence-corrected chi connectivity index (χ0v) is 16.7. The predicted molar refractivity (Wildman–Crippen MR) is 103 cm³/mol. The van der Waals surface area contributed by atoms with E-state index in [2.05, 4.69) is 23.8 Å². The van der Waals surface area contributed by atoms with Gasteiger partial charge >= 0.3 is 0 Å². The number of carbonyl (C=O) groups excluding carboxylic acids is 1. The van der Waals surface area contributed by atoms with Gasteiger partial charge in [-0.25, -0.2) is 0 Å². The van der Waals surface area contributed by atoms with E-state index in [1.54, 1.807) is 0 Å². The van der Waals surface area contributed by atoms with Crippen LogP contribution in [-0.4, -0.2) is 79.0 Å². The normalized spacial score (nSPS) is 23.4. The second kappa shape index (κ2) is 12.6. The van der Waals surface area contributed by atoms with E-state index in [9.17, 15) is 4.79 Å². The second-order valence-electron chi connectivity index (χ2n) is 6.26. The van der Waals surface area contributed by atoms with Crippen molar-refractivity contribution in [3.8, 4) is 0 Å². The fourth-order valence-corrected chi connectivity index (χ4v) is 3.60. The van der Waals surface area contributed by atoms with E-state index in [4.69, 9.17) is 5.73 Å². The fraction of sp³-hybridized carbons (Fsp3) is 0.933. The molecule has 5 nitrogen and oxygen atoms in total. The largest absolute Gasteiger partial charge is 0.336 e. The average molecular weight is 392 g/mol. The van der Waals surface area contributed by atoms with E-state index >= 15 is 0 Å². The van der Waals surface area contributed by atoms with E-state index in [1.165, 1.54) is 25.9 Å². The highest BCUT2D eigenvalue weighted by molar-refractivity contribution is 5.86. The molecule has 2 aliphatic rings. The van der Waals surface area contributed by atoms with Crippen molar-refractivity contribution in [1.29, 1.82) is 0 Å². The Labute approximate surface area is 159 Å². The first-order valence-corrected chi connectivity index (χ1v) is 8.07. The third-order valence-corrected chi connectivity index (χ3v) is 4.84. The Morgan fingerprint density at radius 1 is 1.09 bits per heavy atom. The molecule has 0 aromatic heterocycles. The lowest BCUT2D eigenvalue weighted by Gasteiger charge is -2.46. The molecule has 2 heterocycles. The molecule has 0 spiro atoms. The van der Waals surface area contributed by atoms with Crippen LogP contribution in [-0.2, 0) is 4.79 Å². The van der Waals surface area contributed by atoms with Gasteiger partial charge in [0.2, 0.25) is 5.91 Å². The van der Waals surface area contributed by atoms with Crippen molar-refractivity contribution in [2.45, 2.75) is 44.7 Å². The summed E-state index contributed by atoms with van der Waals surface area (Å²) in [5, 5.41) is 0. The van der Waals surface area contributed by atoms with E-state index < -0.39 is 0 Å². The maximum Gasteiger partial charge on any atom is 0.236 e. The molecule has 2 N–H and O–H groups in total. The summed E-state index contributed by atoms with van der Waals surface area (Å²) >= 11 is 0. The van der Waals surface area contributed by atoms with Crippen LogP contribution in [0.15, 0.2) is 0 Å². The Morgan fingerprint density at radius 2 is 1.70 bits per heavy atom. The molecule has 0 aromatic carbocycles. The quantitative estimate of drug-likeness (QED) is 0.791. The lowest BCUT2D eigenvalue weighted by Crippen LogP contribution is -2.59. The summed E-state index contributed by atoms with van der Waals surface area (Å²) in [5.74, 6) is 0.117. The van der Waals surface area contributed by atoms with Gasteiger partial charge < -0.3 is 15.5 Å². The molecule has 0 radical (unpaired) electrons. The molecule has 0 saturated carbocycles. The number of hydrogen-bond donors (Lipinski definition) is 1. The smallest absolute Gasteiger partial charge is 0.236 e. The minimum atomic E-state index is 0. The standard InChI is InChI=1S/C15H30N4O.3ClH/c1-3-4-14-12-18(9-10-19(14)15(20)11-16)13-5-7-17(2)8-6-13;;;/h13-14H,3-12,16H2,1-2H3;3*1H. The van der Waals surface area contributed by atoms with Gasteiger partial charge in [-0.3, -0.25) is 9.69 Å². The SMILES string of the molecule is CCCC1CN(C2CCN(C)CC2)CCN1C(=O)CN.Cl.Cl.Cl. The van der Waals surface area contributed by atoms with Crippen LogP contribution in [0, 0.1) is 0 Å². The molecular formula is C15H33Cl3N4O. The van der Waals surface area contributed by atoms with Crippen molar-refractivity contribution >= 4 is 43.1 Å². The van der Waals surface area contributed by atoms with Gasteiger partial charge in [0.05, 0.1) is 6.54 Å². The monoisotopic (exact) mass is 390 g/mol. The Morgan fingerprint density at radius 3 is 2.22 bits per heavy atom. The number of nitrogens with zero attached hydrogens (tertiary/aromatic N) is 3. The molecule has 2 rings (SSSR count). The van der Waals surface area contributed by atoms with Gasteiger partial charge in [0.15, 0.2) is 0 Å². The minimum absolute atomic E-state index is 0. The van der Waals surface area contributed by atoms with Crippen molar-refractivity contribution in [3.63, 3.8) is 0 Å². The summed E-state index contributed by atoms with van der Waals surface area (Å²) in [4.78, 5) is 19.0. The number of piperazine rings is 1. The molecule has 8 heteroatoms. The highest BCUT2D eigenvalue weighted by Crippen LogP contribution is 2.21. The van der Waals surface area contributed by atoms with Crippen molar-refractivity contribution in [3.05, 3.63) is 0 Å². The van der Waals surface area contributed by atoms with E-state index in [-0.39, 0.29) is 49.7 Å². The van der Waals surface area contributed by atoms with E-state index in [0.29, 0.717) is 12.1 Å². The lowest BCUT2D eigenvalue weighted by molar-refractivity contribution is -0.135. The van der Waals surface area contributed by atoms with Crippen LogP contribution in [0.5, 0.6) is 0 Å². The van der Waals surface area contributed by atoms with E-state index in [0.717, 1.165) is 32.5 Å². The summed E-state index contributed by atoms with van der Waals surface area (Å²) < 4.78 is 0. The van der Waals surface area contributed by atoms with Gasteiger partial charge in [0, 0.05) is 31.7 Å². The lowest BCUT2D eigenvalue weighted by atomic mass is 9.99. The summed E-state index contributed by atoms with van der Waals surface area (Å²) in [6.07, 6.45) is 4.75. The number of likely N-dealkylation sites (tertiary alicyclic amines) is 1. The van der Waals surface area contributed by atoms with Gasteiger partial charge in [0.1, 0.15) is 0 Å². The van der Waals surface area contributed by atoms with Gasteiger partial charge in [-0.1, -0.05) is 13.3 Å². The minimum Gasteiger partial charge on any atom is -0.336 e. The molecule has 0 aliphatic carbocycles. The number of halogens is 3. The average Bonchev–Trinajstić information content (AvgIpc) is 2.47. The fourth-order valence-electron chi connectivity index (χ4n) is 3.60. The molecule has 1 amide bonds. The molecule has 2 aliphatic heterocycles. The molecule has 23 heavy (non-hydrogen) atoms. The highest BCUT2D eigenvalue weighted by Gasteiger charge is 2.33. The van der Waals surface area contributed by atoms with Crippen molar-refractivity contribution < 1.29 is 4.79 Å². The third-order valence-electron chi connectivity index (χ3n) is 4.84. The van der Waals surface area contributed by atoms with Crippen molar-refractivity contribution in [2.24, 2.45) is 5.73 Å². The van der Waals surface area contributed by atoms with Crippen LogP contribution < -0.4 is 5.73 Å². The van der Waals surface area contributed by atoms with Gasteiger partial charge in [-0.05, 0) is 39.4 Å². The third kappa shape index (κ3) is 6.92. The summed E-state index contributed by atoms with van der Waals surface area (Å²) in [5.41, 5.74) is 5.54. The number of piperidine rings is 1. The molecular weight excluding hydrogens is 359 g/mol. The second-order valence-corrected chi connectivity index (χ2v) is 6.26. The molecule has 1 unspecified atom stereocenters. The topological polar surface area (TPSA) is 52.8 Å². The van der Waals surface area contributed by atoms with Crippen LogP contribution >= 0.6 is 37.2 Å². The maximum absolute atomic E-state index is 12.0. The Kier molecular flexibility index (Phi) is 13.9. The zero-order chi connectivity index (χ0) is 14.5. The van der Waals surface area contributed by atoms with Crippen molar-refractivity contribution in [1.82, 2.24) is 14.7 Å². The van der Waals surface area contributed by atoms with Gasteiger partial charge in [-0.15, -0.1) is 37.2 Å². The number of hydrogen-bond acceptors (Lipinski definition) is 4. The molecule has 0 aromatic rings. The first-order valence-electron chi connectivity index (χ1n) is 8.07. The first kappa shape index (κ1) is 25.5. The Bertz CT molecular complexity index is 328. The molecule has 1 atom stereocenters. The predicted octanol–water partition coefficient (Wildman–Crippen LogP) is 1.62. The number of carbonyl (C=O) groups is 1. The number of amides is 1. The molecule has 2 fully saturated rings. The van der Waals surface area contributed by atoms with Crippen LogP contribution in [0.4, 0.5) is 0 Å². The molecule has 140 valence electrons. The number of rotatable bonds is 4. The van der Waals surface area contributed by atoms with Crippen LogP contribution in [0.3, 0.4) is 0 Å². The summed E-state index contributed by atoms with van der Waals surface area (Å²) in [6, 6.07) is 1.07. The van der Waals surface area contributed by atoms with Crippen LogP contribution in [0.1, 0.15) is 32.6 Å². The maximum atomic E-state index is 12.0. The Hall–Kier alpha value is 0.220. The van der Waals surface area contributed by atoms with E-state index in [1.807, 2.05) is 4.90 Å². The molecule has 2 saturated heterocycles. The zero-order valence-electron chi connectivity index (χ0n) is 14.3. The van der Waals surface area contributed by atoms with Crippen LogP contribution in [0.25, 0.3) is 0 Å². The van der Waals surface area contributed by atoms with Crippen molar-refractivity contribution in [2.75, 3.05) is 46.3 Å². The first-order chi connectivity index (χ1) is 9.65. The Balaban J connectivity index is 0. The van der Waals surface area contributed by atoms with Gasteiger partial charge in [0.25, 0.3) is 0 Å². The number of nitrogens with two attached hydrogens (primary N) is 1. The summed E-state index contributed by atoms with van der Waals surface area (Å²) in [6.45, 7) is 7.64. The van der Waals surface area contributed by atoms with Crippen LogP contribution in [0.2, 0.25) is 0 Å². The summed E-state index contributed by atoms with van der Waals surface area (Å²) in [7, 11) is 2.20. The molecule has 0 bridgehead atoms.